The van der Waals surface area contributed by atoms with Crippen LogP contribution in [0.25, 0.3) is 0 Å². The van der Waals surface area contributed by atoms with Gasteiger partial charge in [-0.05, 0) is 30.6 Å². The summed E-state index contributed by atoms with van der Waals surface area (Å²) in [6.45, 7) is 10.6. The molecule has 1 saturated heterocycles. The minimum Gasteiger partial charge on any atom is -0.456 e. The molecular weight excluding hydrogens is 368 g/mol. The van der Waals surface area contributed by atoms with Crippen molar-refractivity contribution < 1.29 is 24.2 Å². The molecule has 168 valence electrons. The van der Waals surface area contributed by atoms with Gasteiger partial charge in [0.15, 0.2) is 6.10 Å². The van der Waals surface area contributed by atoms with Crippen molar-refractivity contribution in [1.82, 2.24) is 0 Å². The molecule has 1 unspecified atom stereocenters. The third kappa shape index (κ3) is 9.33. The standard InChI is InChI=1S/C24H42O5/c1-6-7-8-9-10-11-12-23(26)28-22(16-25)21-15-19(24(27)29-21)13-14-20(17(2)3)18(4)5/h13,17-18,20-22,25H,6-12,14-16H2,1-5H3/b19-13-/t21?,22-/m0/s1. The molecular formula is C24H42O5. The van der Waals surface area contributed by atoms with E-state index in [-0.39, 0.29) is 18.5 Å². The Morgan fingerprint density at radius 2 is 1.76 bits per heavy atom. The van der Waals surface area contributed by atoms with E-state index in [0.29, 0.717) is 36.2 Å². The molecule has 1 N–H and O–H groups in total. The molecule has 1 rings (SSSR count). The van der Waals surface area contributed by atoms with E-state index in [4.69, 9.17) is 9.47 Å². The zero-order valence-corrected chi connectivity index (χ0v) is 19.1. The van der Waals surface area contributed by atoms with Crippen molar-refractivity contribution in [3.63, 3.8) is 0 Å². The number of unbranched alkanes of at least 4 members (excludes halogenated alkanes) is 5. The maximum atomic E-state index is 12.2. The highest BCUT2D eigenvalue weighted by atomic mass is 16.6. The number of aliphatic hydroxyl groups excluding tert-OH is 1. The molecule has 0 saturated carbocycles. The third-order valence-corrected chi connectivity index (χ3v) is 5.90. The van der Waals surface area contributed by atoms with Gasteiger partial charge in [0.2, 0.25) is 0 Å². The molecule has 0 spiro atoms. The summed E-state index contributed by atoms with van der Waals surface area (Å²) in [6.07, 6.45) is 8.72. The van der Waals surface area contributed by atoms with Crippen molar-refractivity contribution in [2.45, 2.75) is 105 Å². The van der Waals surface area contributed by atoms with Crippen molar-refractivity contribution in [2.75, 3.05) is 6.61 Å². The lowest BCUT2D eigenvalue weighted by Gasteiger charge is -2.23. The van der Waals surface area contributed by atoms with E-state index >= 15 is 0 Å². The summed E-state index contributed by atoms with van der Waals surface area (Å²) in [5, 5.41) is 9.65. The number of cyclic esters (lactones) is 1. The van der Waals surface area contributed by atoms with Crippen LogP contribution in [0.2, 0.25) is 0 Å². The molecule has 1 aliphatic rings. The summed E-state index contributed by atoms with van der Waals surface area (Å²) >= 11 is 0. The molecule has 0 aromatic rings. The second-order valence-corrected chi connectivity index (χ2v) is 8.99. The topological polar surface area (TPSA) is 72.8 Å². The van der Waals surface area contributed by atoms with Gasteiger partial charge in [-0.25, -0.2) is 4.79 Å². The zero-order valence-electron chi connectivity index (χ0n) is 19.1. The van der Waals surface area contributed by atoms with Gasteiger partial charge in [0, 0.05) is 18.4 Å². The third-order valence-electron chi connectivity index (χ3n) is 5.90. The van der Waals surface area contributed by atoms with E-state index in [1.54, 1.807) is 0 Å². The summed E-state index contributed by atoms with van der Waals surface area (Å²) in [5.41, 5.74) is 0.631. The SMILES string of the molecule is CCCCCCCCC(=O)O[C@@H](CO)C1C/C(=C/CC(C(C)C)C(C)C)C(=O)O1. The average Bonchev–Trinajstić information content (AvgIpc) is 3.02. The quantitative estimate of drug-likeness (QED) is 0.242. The first-order valence-corrected chi connectivity index (χ1v) is 11.5. The first kappa shape index (κ1) is 25.7. The van der Waals surface area contributed by atoms with Crippen LogP contribution in [0.1, 0.15) is 92.4 Å². The summed E-state index contributed by atoms with van der Waals surface area (Å²) < 4.78 is 10.8. The van der Waals surface area contributed by atoms with Crippen molar-refractivity contribution in [1.29, 1.82) is 0 Å². The smallest absolute Gasteiger partial charge is 0.334 e. The fourth-order valence-corrected chi connectivity index (χ4v) is 4.03. The number of hydrogen-bond acceptors (Lipinski definition) is 5. The van der Waals surface area contributed by atoms with E-state index in [9.17, 15) is 14.7 Å². The normalized spacial score (nSPS) is 19.4. The fraction of sp³-hybridized carbons (Fsp3) is 0.833. The maximum absolute atomic E-state index is 12.2. The Morgan fingerprint density at radius 1 is 1.14 bits per heavy atom. The van der Waals surface area contributed by atoms with E-state index in [0.717, 1.165) is 25.7 Å². The lowest BCUT2D eigenvalue weighted by Crippen LogP contribution is -2.34. The molecule has 0 bridgehead atoms. The molecule has 5 heteroatoms. The second kappa shape index (κ2) is 13.8. The predicted octanol–water partition coefficient (Wildman–Crippen LogP) is 5.20. The number of ether oxygens (including phenoxy) is 2. The van der Waals surface area contributed by atoms with Crippen molar-refractivity contribution in [3.05, 3.63) is 11.6 Å². The van der Waals surface area contributed by atoms with Gasteiger partial charge in [0.05, 0.1) is 6.61 Å². The molecule has 1 aliphatic heterocycles. The number of allylic oxidation sites excluding steroid dienone is 1. The van der Waals surface area contributed by atoms with Gasteiger partial charge in [-0.1, -0.05) is 72.8 Å². The first-order valence-electron chi connectivity index (χ1n) is 11.5. The average molecular weight is 411 g/mol. The molecule has 0 aliphatic carbocycles. The molecule has 0 aromatic carbocycles. The lowest BCUT2D eigenvalue weighted by atomic mass is 9.82. The zero-order chi connectivity index (χ0) is 21.8. The number of aliphatic hydroxyl groups is 1. The minimum atomic E-state index is -0.788. The predicted molar refractivity (Wildman–Crippen MR) is 115 cm³/mol. The Balaban J connectivity index is 2.50. The molecule has 2 atom stereocenters. The van der Waals surface area contributed by atoms with Crippen LogP contribution in [0.15, 0.2) is 11.6 Å². The van der Waals surface area contributed by atoms with Crippen LogP contribution in [0.3, 0.4) is 0 Å². The second-order valence-electron chi connectivity index (χ2n) is 8.99. The van der Waals surface area contributed by atoms with Gasteiger partial charge in [-0.3, -0.25) is 4.79 Å². The fourth-order valence-electron chi connectivity index (χ4n) is 4.03. The van der Waals surface area contributed by atoms with Crippen molar-refractivity contribution in [3.8, 4) is 0 Å². The summed E-state index contributed by atoms with van der Waals surface area (Å²) in [6, 6.07) is 0. The molecule has 0 aromatic heterocycles. The number of carbonyl (C=O) groups is 2. The molecule has 29 heavy (non-hydrogen) atoms. The highest BCUT2D eigenvalue weighted by Crippen LogP contribution is 2.29. The Bertz CT molecular complexity index is 515. The number of rotatable bonds is 14. The Kier molecular flexibility index (Phi) is 12.2. The Morgan fingerprint density at radius 3 is 2.34 bits per heavy atom. The van der Waals surface area contributed by atoms with Crippen LogP contribution in [0.4, 0.5) is 0 Å². The van der Waals surface area contributed by atoms with Crippen LogP contribution >= 0.6 is 0 Å². The monoisotopic (exact) mass is 410 g/mol. The number of carbonyl (C=O) groups excluding carboxylic acids is 2. The van der Waals surface area contributed by atoms with Gasteiger partial charge < -0.3 is 14.6 Å². The number of hydrogen-bond donors (Lipinski definition) is 1. The van der Waals surface area contributed by atoms with Crippen LogP contribution in [-0.4, -0.2) is 35.9 Å². The first-order chi connectivity index (χ1) is 13.8. The number of esters is 2. The molecule has 1 heterocycles. The van der Waals surface area contributed by atoms with Gasteiger partial charge in [-0.15, -0.1) is 0 Å². The highest BCUT2D eigenvalue weighted by molar-refractivity contribution is 5.90. The molecule has 0 radical (unpaired) electrons. The van der Waals surface area contributed by atoms with E-state index in [2.05, 4.69) is 34.6 Å². The Labute approximate surface area is 177 Å². The van der Waals surface area contributed by atoms with Crippen molar-refractivity contribution >= 4 is 11.9 Å². The lowest BCUT2D eigenvalue weighted by molar-refractivity contribution is -0.164. The van der Waals surface area contributed by atoms with Gasteiger partial charge in [0.25, 0.3) is 0 Å². The summed E-state index contributed by atoms with van der Waals surface area (Å²) in [7, 11) is 0. The van der Waals surface area contributed by atoms with Crippen LogP contribution < -0.4 is 0 Å². The minimum absolute atomic E-state index is 0.326. The van der Waals surface area contributed by atoms with Gasteiger partial charge >= 0.3 is 11.9 Å². The molecule has 5 nitrogen and oxygen atoms in total. The summed E-state index contributed by atoms with van der Waals surface area (Å²) in [5.74, 6) is 0.888. The summed E-state index contributed by atoms with van der Waals surface area (Å²) in [4.78, 5) is 24.3. The molecule has 1 fully saturated rings. The van der Waals surface area contributed by atoms with Crippen molar-refractivity contribution in [2.24, 2.45) is 17.8 Å². The van der Waals surface area contributed by atoms with E-state index in [1.165, 1.54) is 19.3 Å². The molecule has 0 amide bonds. The van der Waals surface area contributed by atoms with Gasteiger partial charge in [0.1, 0.15) is 6.10 Å². The van der Waals surface area contributed by atoms with Crippen LogP contribution in [0, 0.1) is 17.8 Å². The van der Waals surface area contributed by atoms with Gasteiger partial charge in [-0.2, -0.15) is 0 Å². The van der Waals surface area contributed by atoms with E-state index < -0.39 is 12.2 Å². The largest absolute Gasteiger partial charge is 0.456 e. The van der Waals surface area contributed by atoms with Crippen LogP contribution in [-0.2, 0) is 19.1 Å². The van der Waals surface area contributed by atoms with E-state index in [1.807, 2.05) is 6.08 Å². The highest BCUT2D eigenvalue weighted by Gasteiger charge is 2.36. The maximum Gasteiger partial charge on any atom is 0.334 e. The Hall–Kier alpha value is -1.36. The van der Waals surface area contributed by atoms with Crippen LogP contribution in [0.5, 0.6) is 0 Å².